The number of allylic oxidation sites excluding steroid dienone is 1. The fraction of sp³-hybridized carbons (Fsp3) is 0.100. The lowest BCUT2D eigenvalue weighted by Gasteiger charge is -1.87. The van der Waals surface area contributed by atoms with Gasteiger partial charge in [0.15, 0.2) is 0 Å². The van der Waals surface area contributed by atoms with Crippen molar-refractivity contribution in [3.05, 3.63) is 40.3 Å². The van der Waals surface area contributed by atoms with Gasteiger partial charge in [0.05, 0.1) is 0 Å². The lowest BCUT2D eigenvalue weighted by atomic mass is 10.2. The number of aryl methyl sites for hydroxylation is 1. The normalized spacial score (nSPS) is 12.1. The van der Waals surface area contributed by atoms with Gasteiger partial charge in [-0.3, -0.25) is 0 Å². The average molecular weight is 128 g/mol. The lowest BCUT2D eigenvalue weighted by molar-refractivity contribution is 1.41. The van der Waals surface area contributed by atoms with Gasteiger partial charge in [-0.15, -0.1) is 5.73 Å². The Balaban J connectivity index is 2.98. The molecule has 1 aliphatic carbocycles. The summed E-state index contributed by atoms with van der Waals surface area (Å²) in [7, 11) is 0. The van der Waals surface area contributed by atoms with Crippen LogP contribution in [0.15, 0.2) is 24.3 Å². The Hall–Kier alpha value is -1.26. The Bertz CT molecular complexity index is 404. The summed E-state index contributed by atoms with van der Waals surface area (Å²) < 4.78 is 0. The lowest BCUT2D eigenvalue weighted by Crippen LogP contribution is -2.20. The van der Waals surface area contributed by atoms with E-state index >= 15 is 0 Å². The van der Waals surface area contributed by atoms with E-state index in [1.807, 2.05) is 6.08 Å². The zero-order valence-electron chi connectivity index (χ0n) is 5.89. The van der Waals surface area contributed by atoms with Gasteiger partial charge in [0, 0.05) is 5.22 Å². The summed E-state index contributed by atoms with van der Waals surface area (Å²) in [6.45, 7) is 2.10. The molecule has 0 aromatic heterocycles. The molecular formula is C10H8. The van der Waals surface area contributed by atoms with E-state index in [0.29, 0.717) is 0 Å². The third kappa shape index (κ3) is 0.706. The molecule has 0 spiro atoms. The molecule has 1 aromatic carbocycles. The van der Waals surface area contributed by atoms with Crippen LogP contribution in [-0.2, 0) is 0 Å². The first kappa shape index (κ1) is 5.52. The van der Waals surface area contributed by atoms with Crippen molar-refractivity contribution in [1.29, 1.82) is 0 Å². The number of fused-ring (bicyclic) bond motifs is 1. The monoisotopic (exact) mass is 128 g/mol. The molecule has 0 saturated heterocycles. The SMILES string of the molecule is Cc1ccc2c(c1)=C=CC=2. The summed E-state index contributed by atoms with van der Waals surface area (Å²) in [5.74, 6) is 0. The Morgan fingerprint density at radius 3 is 3.10 bits per heavy atom. The minimum absolute atomic E-state index is 1.22. The summed E-state index contributed by atoms with van der Waals surface area (Å²) in [6.07, 6.45) is 4.04. The molecule has 1 aromatic rings. The van der Waals surface area contributed by atoms with E-state index < -0.39 is 0 Å². The number of rotatable bonds is 0. The van der Waals surface area contributed by atoms with Crippen molar-refractivity contribution in [2.24, 2.45) is 0 Å². The number of hydrogen-bond acceptors (Lipinski definition) is 0. The molecule has 0 nitrogen and oxygen atoms in total. The van der Waals surface area contributed by atoms with Crippen molar-refractivity contribution in [1.82, 2.24) is 0 Å². The van der Waals surface area contributed by atoms with Gasteiger partial charge >= 0.3 is 0 Å². The molecule has 0 bridgehead atoms. The van der Waals surface area contributed by atoms with Crippen molar-refractivity contribution >= 4 is 11.8 Å². The first-order chi connectivity index (χ1) is 4.86. The van der Waals surface area contributed by atoms with Gasteiger partial charge in [0.2, 0.25) is 0 Å². The van der Waals surface area contributed by atoms with Crippen LogP contribution in [0.5, 0.6) is 0 Å². The molecule has 0 aliphatic heterocycles. The Labute approximate surface area is 59.8 Å². The van der Waals surface area contributed by atoms with Crippen molar-refractivity contribution in [3.8, 4) is 0 Å². The highest BCUT2D eigenvalue weighted by atomic mass is 13.9. The maximum atomic E-state index is 3.16. The van der Waals surface area contributed by atoms with Crippen LogP contribution in [0.3, 0.4) is 0 Å². The summed E-state index contributed by atoms with van der Waals surface area (Å²) in [5, 5.41) is 2.51. The second kappa shape index (κ2) is 1.86. The molecule has 0 N–H and O–H groups in total. The molecule has 0 heteroatoms. The summed E-state index contributed by atoms with van der Waals surface area (Å²) in [4.78, 5) is 0. The van der Waals surface area contributed by atoms with Crippen molar-refractivity contribution < 1.29 is 0 Å². The van der Waals surface area contributed by atoms with Gasteiger partial charge in [0.1, 0.15) is 0 Å². The van der Waals surface area contributed by atoms with E-state index in [4.69, 9.17) is 0 Å². The largest absolute Gasteiger partial charge is 0.112 e. The van der Waals surface area contributed by atoms with Crippen LogP contribution < -0.4 is 10.4 Å². The molecule has 1 aliphatic rings. The standard InChI is InChI=1S/C10H8/c1-8-5-6-9-3-2-4-10(9)7-8/h2-3,5-7H,1H3. The van der Waals surface area contributed by atoms with Gasteiger partial charge in [-0.2, -0.15) is 0 Å². The molecule has 0 amide bonds. The number of benzene rings is 1. The minimum atomic E-state index is 1.22. The maximum absolute atomic E-state index is 3.16. The van der Waals surface area contributed by atoms with Crippen molar-refractivity contribution in [2.75, 3.05) is 0 Å². The average Bonchev–Trinajstić information content (AvgIpc) is 2.33. The van der Waals surface area contributed by atoms with Crippen LogP contribution in [0.4, 0.5) is 0 Å². The van der Waals surface area contributed by atoms with E-state index in [2.05, 4.69) is 36.9 Å². The number of hydrogen-bond donors (Lipinski definition) is 0. The Kier molecular flexibility index (Phi) is 1.03. The van der Waals surface area contributed by atoms with Gasteiger partial charge in [-0.1, -0.05) is 12.1 Å². The fourth-order valence-electron chi connectivity index (χ4n) is 1.16. The Morgan fingerprint density at radius 2 is 2.20 bits per heavy atom. The van der Waals surface area contributed by atoms with Crippen LogP contribution in [0.2, 0.25) is 0 Å². The van der Waals surface area contributed by atoms with Crippen LogP contribution in [0.25, 0.3) is 11.8 Å². The molecule has 2 rings (SSSR count). The second-order valence-corrected chi connectivity index (χ2v) is 2.57. The predicted octanol–water partition coefficient (Wildman–Crippen LogP) is 0.725. The second-order valence-electron chi connectivity index (χ2n) is 2.57. The summed E-state index contributed by atoms with van der Waals surface area (Å²) in [5.41, 5.74) is 4.46. The van der Waals surface area contributed by atoms with E-state index in [1.54, 1.807) is 0 Å². The summed E-state index contributed by atoms with van der Waals surface area (Å²) >= 11 is 0. The maximum Gasteiger partial charge on any atom is 0.0239 e. The van der Waals surface area contributed by atoms with Crippen LogP contribution >= 0.6 is 0 Å². The highest BCUT2D eigenvalue weighted by Gasteiger charge is 1.87. The van der Waals surface area contributed by atoms with E-state index in [-0.39, 0.29) is 0 Å². The Morgan fingerprint density at radius 1 is 1.30 bits per heavy atom. The molecule has 48 valence electrons. The van der Waals surface area contributed by atoms with Gasteiger partial charge in [0.25, 0.3) is 0 Å². The topological polar surface area (TPSA) is 0 Å². The molecule has 0 saturated carbocycles. The van der Waals surface area contributed by atoms with Gasteiger partial charge in [-0.05, 0) is 35.9 Å². The summed E-state index contributed by atoms with van der Waals surface area (Å²) in [6, 6.07) is 6.40. The highest BCUT2D eigenvalue weighted by molar-refractivity contribution is 5.51. The van der Waals surface area contributed by atoms with Crippen LogP contribution in [-0.4, -0.2) is 0 Å². The van der Waals surface area contributed by atoms with Gasteiger partial charge in [-0.25, -0.2) is 0 Å². The molecule has 0 heterocycles. The van der Waals surface area contributed by atoms with Crippen molar-refractivity contribution in [3.63, 3.8) is 0 Å². The molecule has 10 heavy (non-hydrogen) atoms. The molecule has 0 radical (unpaired) electrons. The van der Waals surface area contributed by atoms with Crippen LogP contribution in [0.1, 0.15) is 5.56 Å². The third-order valence-electron chi connectivity index (χ3n) is 1.71. The van der Waals surface area contributed by atoms with E-state index in [0.717, 1.165) is 0 Å². The third-order valence-corrected chi connectivity index (χ3v) is 1.71. The molecule has 0 fully saturated rings. The fourth-order valence-corrected chi connectivity index (χ4v) is 1.16. The molecule has 0 atom stereocenters. The minimum Gasteiger partial charge on any atom is -0.112 e. The van der Waals surface area contributed by atoms with E-state index in [1.165, 1.54) is 16.0 Å². The van der Waals surface area contributed by atoms with Crippen molar-refractivity contribution in [2.45, 2.75) is 6.92 Å². The zero-order chi connectivity index (χ0) is 6.97. The molecular weight excluding hydrogens is 120 g/mol. The van der Waals surface area contributed by atoms with E-state index in [9.17, 15) is 0 Å². The zero-order valence-corrected chi connectivity index (χ0v) is 5.89. The quantitative estimate of drug-likeness (QED) is 0.483. The van der Waals surface area contributed by atoms with Crippen LogP contribution in [0, 0.1) is 6.92 Å². The molecule has 0 unspecified atom stereocenters. The first-order valence-corrected chi connectivity index (χ1v) is 3.40. The van der Waals surface area contributed by atoms with Gasteiger partial charge < -0.3 is 0 Å². The highest BCUT2D eigenvalue weighted by Crippen LogP contribution is 1.87. The first-order valence-electron chi connectivity index (χ1n) is 3.40. The smallest absolute Gasteiger partial charge is 0.0239 e. The predicted molar refractivity (Wildman–Crippen MR) is 42.9 cm³/mol.